The van der Waals surface area contributed by atoms with Gasteiger partial charge < -0.3 is 4.74 Å². The second kappa shape index (κ2) is 7.47. The standard InChI is InChI=1S/C18H18N2O5S/c1-5-13-6-11-16(18(21)19-22)17(12(13)2)20(3)26(23,24)15-9-7-14(25-4)8-10-15/h1,6-11,22H,2-4H3,(H,19,21). The minimum Gasteiger partial charge on any atom is -0.497 e. The van der Waals surface area contributed by atoms with Gasteiger partial charge in [-0.15, -0.1) is 6.42 Å². The number of sulfonamides is 1. The van der Waals surface area contributed by atoms with Crippen molar-refractivity contribution < 1.29 is 23.2 Å². The van der Waals surface area contributed by atoms with Crippen molar-refractivity contribution in [2.24, 2.45) is 0 Å². The molecule has 2 N–H and O–H groups in total. The molecule has 136 valence electrons. The van der Waals surface area contributed by atoms with E-state index in [0.717, 1.165) is 4.31 Å². The third kappa shape index (κ3) is 3.35. The third-order valence-corrected chi connectivity index (χ3v) is 5.74. The molecule has 0 aliphatic rings. The molecule has 0 fully saturated rings. The molecule has 0 saturated carbocycles. The van der Waals surface area contributed by atoms with Crippen LogP contribution in [-0.2, 0) is 10.0 Å². The van der Waals surface area contributed by atoms with Gasteiger partial charge >= 0.3 is 0 Å². The highest BCUT2D eigenvalue weighted by Gasteiger charge is 2.27. The number of amides is 1. The smallest absolute Gasteiger partial charge is 0.276 e. The Morgan fingerprint density at radius 2 is 1.85 bits per heavy atom. The second-order valence-electron chi connectivity index (χ2n) is 5.37. The number of carbonyl (C=O) groups is 1. The van der Waals surface area contributed by atoms with Crippen molar-refractivity contribution in [1.29, 1.82) is 0 Å². The summed E-state index contributed by atoms with van der Waals surface area (Å²) in [4.78, 5) is 12.0. The van der Waals surface area contributed by atoms with Crippen molar-refractivity contribution in [3.8, 4) is 18.1 Å². The number of anilines is 1. The van der Waals surface area contributed by atoms with E-state index in [2.05, 4.69) is 5.92 Å². The van der Waals surface area contributed by atoms with Gasteiger partial charge in [0, 0.05) is 12.6 Å². The maximum atomic E-state index is 13.0. The Balaban J connectivity index is 2.65. The summed E-state index contributed by atoms with van der Waals surface area (Å²) in [6.07, 6.45) is 5.45. The van der Waals surface area contributed by atoms with Gasteiger partial charge in [0.25, 0.3) is 15.9 Å². The molecule has 0 bridgehead atoms. The van der Waals surface area contributed by atoms with Crippen LogP contribution in [0.4, 0.5) is 5.69 Å². The van der Waals surface area contributed by atoms with Crippen molar-refractivity contribution in [1.82, 2.24) is 5.48 Å². The number of terminal acetylenes is 1. The van der Waals surface area contributed by atoms with Crippen LogP contribution in [0.5, 0.6) is 5.75 Å². The molecular weight excluding hydrogens is 356 g/mol. The van der Waals surface area contributed by atoms with E-state index in [4.69, 9.17) is 16.4 Å². The third-order valence-electron chi connectivity index (χ3n) is 3.97. The fraction of sp³-hybridized carbons (Fsp3) is 0.167. The number of hydrogen-bond acceptors (Lipinski definition) is 5. The number of methoxy groups -OCH3 is 1. The molecule has 0 aliphatic heterocycles. The fourth-order valence-corrected chi connectivity index (χ4v) is 3.80. The van der Waals surface area contributed by atoms with Gasteiger partial charge in [-0.3, -0.25) is 14.3 Å². The van der Waals surface area contributed by atoms with Gasteiger partial charge in [0.15, 0.2) is 0 Å². The Labute approximate surface area is 152 Å². The Morgan fingerprint density at radius 3 is 2.35 bits per heavy atom. The molecule has 2 rings (SSSR count). The normalized spacial score (nSPS) is 10.7. The molecule has 0 atom stereocenters. The predicted octanol–water partition coefficient (Wildman–Crippen LogP) is 1.93. The first-order chi connectivity index (χ1) is 12.3. The summed E-state index contributed by atoms with van der Waals surface area (Å²) in [5.41, 5.74) is 2.44. The van der Waals surface area contributed by atoms with Crippen molar-refractivity contribution >= 4 is 21.6 Å². The van der Waals surface area contributed by atoms with Gasteiger partial charge in [-0.05, 0) is 48.9 Å². The molecule has 0 heterocycles. The van der Waals surface area contributed by atoms with E-state index in [0.29, 0.717) is 16.9 Å². The number of hydrogen-bond donors (Lipinski definition) is 2. The topological polar surface area (TPSA) is 95.9 Å². The second-order valence-corrected chi connectivity index (χ2v) is 7.34. The summed E-state index contributed by atoms with van der Waals surface area (Å²) >= 11 is 0. The SMILES string of the molecule is C#Cc1ccc(C(=O)NO)c(N(C)S(=O)(=O)c2ccc(OC)cc2)c1C. The van der Waals surface area contributed by atoms with Gasteiger partial charge in [-0.1, -0.05) is 5.92 Å². The van der Waals surface area contributed by atoms with E-state index in [1.54, 1.807) is 6.92 Å². The maximum Gasteiger partial charge on any atom is 0.276 e. The van der Waals surface area contributed by atoms with E-state index < -0.39 is 15.9 Å². The number of rotatable bonds is 5. The zero-order valence-corrected chi connectivity index (χ0v) is 15.3. The molecule has 7 nitrogen and oxygen atoms in total. The number of ether oxygens (including phenoxy) is 1. The molecule has 0 saturated heterocycles. The molecule has 2 aromatic rings. The molecule has 0 radical (unpaired) electrons. The first kappa shape index (κ1) is 19.3. The minimum absolute atomic E-state index is 0.0154. The zero-order chi connectivity index (χ0) is 19.5. The van der Waals surface area contributed by atoms with Crippen LogP contribution in [0.25, 0.3) is 0 Å². The summed E-state index contributed by atoms with van der Waals surface area (Å²) in [7, 11) is -1.19. The van der Waals surface area contributed by atoms with Crippen LogP contribution in [-0.4, -0.2) is 33.7 Å². The highest BCUT2D eigenvalue weighted by molar-refractivity contribution is 7.92. The van der Waals surface area contributed by atoms with Crippen molar-refractivity contribution in [2.45, 2.75) is 11.8 Å². The average molecular weight is 374 g/mol. The monoisotopic (exact) mass is 374 g/mol. The average Bonchev–Trinajstić information content (AvgIpc) is 2.66. The lowest BCUT2D eigenvalue weighted by atomic mass is 10.0. The lowest BCUT2D eigenvalue weighted by Gasteiger charge is -2.24. The van der Waals surface area contributed by atoms with Gasteiger partial charge in [0.05, 0.1) is 23.3 Å². The summed E-state index contributed by atoms with van der Waals surface area (Å²) in [6.45, 7) is 1.61. The van der Waals surface area contributed by atoms with Gasteiger partial charge in [0.1, 0.15) is 5.75 Å². The largest absolute Gasteiger partial charge is 0.497 e. The van der Waals surface area contributed by atoms with E-state index in [1.807, 2.05) is 0 Å². The quantitative estimate of drug-likeness (QED) is 0.474. The highest BCUT2D eigenvalue weighted by atomic mass is 32.2. The first-order valence-corrected chi connectivity index (χ1v) is 8.89. The lowest BCUT2D eigenvalue weighted by molar-refractivity contribution is 0.0707. The molecule has 2 aromatic carbocycles. The van der Waals surface area contributed by atoms with Crippen molar-refractivity contribution in [3.05, 3.63) is 53.1 Å². The highest BCUT2D eigenvalue weighted by Crippen LogP contribution is 2.31. The van der Waals surface area contributed by atoms with E-state index in [1.165, 1.54) is 56.0 Å². The van der Waals surface area contributed by atoms with E-state index in [9.17, 15) is 13.2 Å². The Bertz CT molecular complexity index is 976. The number of hydroxylamine groups is 1. The van der Waals surface area contributed by atoms with Crippen LogP contribution in [0.3, 0.4) is 0 Å². The van der Waals surface area contributed by atoms with Crippen LogP contribution in [0.15, 0.2) is 41.3 Å². The molecule has 1 amide bonds. The van der Waals surface area contributed by atoms with Gasteiger partial charge in [-0.25, -0.2) is 13.9 Å². The molecular formula is C18H18N2O5S. The number of nitrogens with one attached hydrogen (secondary N) is 1. The minimum atomic E-state index is -3.98. The van der Waals surface area contributed by atoms with Crippen molar-refractivity contribution in [2.75, 3.05) is 18.5 Å². The fourth-order valence-electron chi connectivity index (χ4n) is 2.53. The van der Waals surface area contributed by atoms with E-state index >= 15 is 0 Å². The van der Waals surface area contributed by atoms with Crippen LogP contribution < -0.4 is 14.5 Å². The summed E-state index contributed by atoms with van der Waals surface area (Å²) in [5, 5.41) is 8.97. The summed E-state index contributed by atoms with van der Waals surface area (Å²) in [6, 6.07) is 8.72. The molecule has 0 spiro atoms. The lowest BCUT2D eigenvalue weighted by Crippen LogP contribution is -2.31. The molecule has 0 aromatic heterocycles. The maximum absolute atomic E-state index is 13.0. The number of carbonyl (C=O) groups excluding carboxylic acids is 1. The number of nitrogens with zero attached hydrogens (tertiary/aromatic N) is 1. The van der Waals surface area contributed by atoms with Crippen LogP contribution in [0.1, 0.15) is 21.5 Å². The molecule has 8 heteroatoms. The van der Waals surface area contributed by atoms with Crippen LogP contribution in [0, 0.1) is 19.3 Å². The summed E-state index contributed by atoms with van der Waals surface area (Å²) in [5.74, 6) is 2.12. The molecule has 26 heavy (non-hydrogen) atoms. The molecule has 0 unspecified atom stereocenters. The Morgan fingerprint density at radius 1 is 1.23 bits per heavy atom. The van der Waals surface area contributed by atoms with E-state index in [-0.39, 0.29) is 16.1 Å². The van der Waals surface area contributed by atoms with Crippen molar-refractivity contribution in [3.63, 3.8) is 0 Å². The Kier molecular flexibility index (Phi) is 5.55. The zero-order valence-electron chi connectivity index (χ0n) is 14.5. The van der Waals surface area contributed by atoms with Crippen LogP contribution in [0.2, 0.25) is 0 Å². The first-order valence-electron chi connectivity index (χ1n) is 7.45. The Hall–Kier alpha value is -3.02. The number of benzene rings is 2. The molecule has 0 aliphatic carbocycles. The van der Waals surface area contributed by atoms with Gasteiger partial charge in [0.2, 0.25) is 0 Å². The summed E-state index contributed by atoms with van der Waals surface area (Å²) < 4.78 is 32.0. The predicted molar refractivity (Wildman–Crippen MR) is 96.9 cm³/mol. The van der Waals surface area contributed by atoms with Crippen LogP contribution >= 0.6 is 0 Å². The van der Waals surface area contributed by atoms with Gasteiger partial charge in [-0.2, -0.15) is 0 Å².